The van der Waals surface area contributed by atoms with Crippen molar-refractivity contribution >= 4 is 5.82 Å². The van der Waals surface area contributed by atoms with Gasteiger partial charge in [-0.05, 0) is 38.1 Å². The van der Waals surface area contributed by atoms with Crippen molar-refractivity contribution in [2.75, 3.05) is 18.4 Å². The van der Waals surface area contributed by atoms with Crippen LogP contribution in [0.4, 0.5) is 10.2 Å². The Kier molecular flexibility index (Phi) is 2.93. The lowest BCUT2D eigenvalue weighted by molar-refractivity contribution is 0.477. The molecule has 0 amide bonds. The van der Waals surface area contributed by atoms with Gasteiger partial charge in [-0.3, -0.25) is 0 Å². The van der Waals surface area contributed by atoms with E-state index >= 15 is 0 Å². The smallest absolute Gasteiger partial charge is 0.214 e. The van der Waals surface area contributed by atoms with Crippen LogP contribution in [-0.2, 0) is 0 Å². The fourth-order valence-electron chi connectivity index (χ4n) is 1.66. The minimum absolute atomic E-state index is 0.422. The van der Waals surface area contributed by atoms with Crippen LogP contribution in [0.1, 0.15) is 12.8 Å². The summed E-state index contributed by atoms with van der Waals surface area (Å²) in [5.41, 5.74) is 0. The van der Waals surface area contributed by atoms with Gasteiger partial charge in [0, 0.05) is 6.04 Å². The maximum absolute atomic E-state index is 12.8. The zero-order valence-corrected chi connectivity index (χ0v) is 7.96. The molecule has 1 fully saturated rings. The van der Waals surface area contributed by atoms with E-state index in [1.54, 1.807) is 12.1 Å². The highest BCUT2D eigenvalue weighted by Gasteiger charge is 2.12. The van der Waals surface area contributed by atoms with E-state index in [1.165, 1.54) is 6.07 Å². The van der Waals surface area contributed by atoms with Crippen molar-refractivity contribution in [3.05, 3.63) is 24.1 Å². The van der Waals surface area contributed by atoms with E-state index in [4.69, 9.17) is 0 Å². The molecule has 0 atom stereocenters. The van der Waals surface area contributed by atoms with Gasteiger partial charge in [-0.25, -0.2) is 4.98 Å². The average molecular weight is 195 g/mol. The summed E-state index contributed by atoms with van der Waals surface area (Å²) in [6, 6.07) is 5.25. The Labute approximate surface area is 82.7 Å². The minimum Gasteiger partial charge on any atom is -0.367 e. The molecule has 14 heavy (non-hydrogen) atoms. The molecular formula is C10H14FN3. The van der Waals surface area contributed by atoms with Crippen LogP contribution in [0.5, 0.6) is 0 Å². The van der Waals surface area contributed by atoms with Crippen molar-refractivity contribution in [3.63, 3.8) is 0 Å². The highest BCUT2D eigenvalue weighted by Crippen LogP contribution is 2.10. The summed E-state index contributed by atoms with van der Waals surface area (Å²) in [6.45, 7) is 2.04. The molecule has 2 heterocycles. The fourth-order valence-corrected chi connectivity index (χ4v) is 1.66. The summed E-state index contributed by atoms with van der Waals surface area (Å²) in [4.78, 5) is 3.77. The van der Waals surface area contributed by atoms with Crippen LogP contribution in [0, 0.1) is 5.95 Å². The van der Waals surface area contributed by atoms with Crippen LogP contribution in [-0.4, -0.2) is 24.1 Å². The molecular weight excluding hydrogens is 181 g/mol. The fraction of sp³-hybridized carbons (Fsp3) is 0.500. The van der Waals surface area contributed by atoms with Gasteiger partial charge in [-0.15, -0.1) is 0 Å². The zero-order chi connectivity index (χ0) is 9.80. The molecule has 0 saturated carbocycles. The van der Waals surface area contributed by atoms with Gasteiger partial charge in [-0.2, -0.15) is 4.39 Å². The second kappa shape index (κ2) is 4.37. The molecule has 2 rings (SSSR count). The molecule has 4 heteroatoms. The van der Waals surface area contributed by atoms with Gasteiger partial charge in [0.05, 0.1) is 0 Å². The molecule has 1 saturated heterocycles. The van der Waals surface area contributed by atoms with Crippen molar-refractivity contribution in [1.82, 2.24) is 10.3 Å². The number of aromatic nitrogens is 1. The number of nitrogens with one attached hydrogen (secondary N) is 2. The van der Waals surface area contributed by atoms with E-state index in [1.807, 2.05) is 0 Å². The summed E-state index contributed by atoms with van der Waals surface area (Å²) < 4.78 is 12.8. The summed E-state index contributed by atoms with van der Waals surface area (Å²) in [7, 11) is 0. The number of hydrogen-bond acceptors (Lipinski definition) is 3. The average Bonchev–Trinajstić information content (AvgIpc) is 2.19. The molecule has 0 aromatic carbocycles. The predicted octanol–water partition coefficient (Wildman–Crippen LogP) is 1.38. The monoisotopic (exact) mass is 195 g/mol. The molecule has 1 aliphatic heterocycles. The Morgan fingerprint density at radius 1 is 1.36 bits per heavy atom. The molecule has 76 valence electrons. The quantitative estimate of drug-likeness (QED) is 0.700. The largest absolute Gasteiger partial charge is 0.367 e. The first-order valence-corrected chi connectivity index (χ1v) is 4.94. The highest BCUT2D eigenvalue weighted by atomic mass is 19.1. The van der Waals surface area contributed by atoms with Crippen LogP contribution in [0.2, 0.25) is 0 Å². The lowest BCUT2D eigenvalue weighted by Gasteiger charge is -2.23. The van der Waals surface area contributed by atoms with Crippen LogP contribution in [0.3, 0.4) is 0 Å². The van der Waals surface area contributed by atoms with Crippen LogP contribution in [0.25, 0.3) is 0 Å². The van der Waals surface area contributed by atoms with E-state index in [9.17, 15) is 4.39 Å². The zero-order valence-electron chi connectivity index (χ0n) is 7.96. The van der Waals surface area contributed by atoms with Crippen molar-refractivity contribution in [3.8, 4) is 0 Å². The Balaban J connectivity index is 1.95. The lowest BCUT2D eigenvalue weighted by atomic mass is 10.1. The van der Waals surface area contributed by atoms with E-state index in [-0.39, 0.29) is 0 Å². The molecule has 2 N–H and O–H groups in total. The number of hydrogen-bond donors (Lipinski definition) is 2. The van der Waals surface area contributed by atoms with Gasteiger partial charge in [0.15, 0.2) is 0 Å². The third kappa shape index (κ3) is 2.42. The van der Waals surface area contributed by atoms with E-state index in [0.29, 0.717) is 11.9 Å². The molecule has 3 nitrogen and oxygen atoms in total. The van der Waals surface area contributed by atoms with E-state index < -0.39 is 5.95 Å². The van der Waals surface area contributed by atoms with Crippen LogP contribution in [0.15, 0.2) is 18.2 Å². The Morgan fingerprint density at radius 2 is 2.14 bits per heavy atom. The molecule has 0 bridgehead atoms. The number of pyridine rings is 1. The van der Waals surface area contributed by atoms with Gasteiger partial charge >= 0.3 is 0 Å². The Morgan fingerprint density at radius 3 is 2.86 bits per heavy atom. The number of anilines is 1. The second-order valence-corrected chi connectivity index (χ2v) is 3.51. The lowest BCUT2D eigenvalue weighted by Crippen LogP contribution is -2.35. The predicted molar refractivity (Wildman–Crippen MR) is 53.7 cm³/mol. The Bertz CT molecular complexity index is 297. The van der Waals surface area contributed by atoms with Gasteiger partial charge in [-0.1, -0.05) is 6.07 Å². The standard InChI is InChI=1S/C10H14FN3/c11-9-2-1-3-10(14-9)13-8-4-6-12-7-5-8/h1-3,8,12H,4-7H2,(H,13,14). The topological polar surface area (TPSA) is 37.0 Å². The van der Waals surface area contributed by atoms with Crippen molar-refractivity contribution in [1.29, 1.82) is 0 Å². The van der Waals surface area contributed by atoms with Gasteiger partial charge in [0.1, 0.15) is 5.82 Å². The highest BCUT2D eigenvalue weighted by molar-refractivity contribution is 5.34. The Hall–Kier alpha value is -1.16. The first-order valence-electron chi connectivity index (χ1n) is 4.94. The molecule has 0 radical (unpaired) electrons. The van der Waals surface area contributed by atoms with Crippen molar-refractivity contribution < 1.29 is 4.39 Å². The van der Waals surface area contributed by atoms with Crippen LogP contribution < -0.4 is 10.6 Å². The number of rotatable bonds is 2. The number of piperidine rings is 1. The molecule has 0 spiro atoms. The summed E-state index contributed by atoms with van der Waals surface area (Å²) >= 11 is 0. The van der Waals surface area contributed by atoms with Gasteiger partial charge < -0.3 is 10.6 Å². The maximum Gasteiger partial charge on any atom is 0.214 e. The first kappa shape index (κ1) is 9.40. The normalized spacial score (nSPS) is 18.1. The van der Waals surface area contributed by atoms with Crippen molar-refractivity contribution in [2.45, 2.75) is 18.9 Å². The molecule has 0 aliphatic carbocycles. The minimum atomic E-state index is -0.427. The first-order chi connectivity index (χ1) is 6.84. The summed E-state index contributed by atoms with van der Waals surface area (Å²) in [6.07, 6.45) is 2.14. The van der Waals surface area contributed by atoms with Crippen LogP contribution >= 0.6 is 0 Å². The number of nitrogens with zero attached hydrogens (tertiary/aromatic N) is 1. The maximum atomic E-state index is 12.8. The summed E-state index contributed by atoms with van der Waals surface area (Å²) in [5, 5.41) is 6.51. The van der Waals surface area contributed by atoms with E-state index in [0.717, 1.165) is 25.9 Å². The molecule has 1 aliphatic rings. The van der Waals surface area contributed by atoms with Crippen molar-refractivity contribution in [2.24, 2.45) is 0 Å². The SMILES string of the molecule is Fc1cccc(NC2CCNCC2)n1. The molecule has 1 aromatic heterocycles. The third-order valence-electron chi connectivity index (χ3n) is 2.41. The number of halogens is 1. The molecule has 0 unspecified atom stereocenters. The van der Waals surface area contributed by atoms with E-state index in [2.05, 4.69) is 15.6 Å². The third-order valence-corrected chi connectivity index (χ3v) is 2.41. The molecule has 1 aromatic rings. The second-order valence-electron chi connectivity index (χ2n) is 3.51. The van der Waals surface area contributed by atoms with Gasteiger partial charge in [0.2, 0.25) is 5.95 Å². The summed E-state index contributed by atoms with van der Waals surface area (Å²) in [5.74, 6) is 0.209. The van der Waals surface area contributed by atoms with Gasteiger partial charge in [0.25, 0.3) is 0 Å².